The number of ether oxygens (including phenoxy) is 1. The highest BCUT2D eigenvalue weighted by Gasteiger charge is 2.27. The molecule has 2 rings (SSSR count). The van der Waals surface area contributed by atoms with E-state index in [9.17, 15) is 14.3 Å². The van der Waals surface area contributed by atoms with Gasteiger partial charge < -0.3 is 9.63 Å². The van der Waals surface area contributed by atoms with E-state index in [-0.39, 0.29) is 23.8 Å². The lowest BCUT2D eigenvalue weighted by molar-refractivity contribution is -0.134. The van der Waals surface area contributed by atoms with E-state index in [0.29, 0.717) is 6.42 Å². The number of carbonyl (C=O) groups excluding carboxylic acids is 1. The molecule has 116 valence electrons. The van der Waals surface area contributed by atoms with Crippen molar-refractivity contribution in [1.29, 1.82) is 0 Å². The van der Waals surface area contributed by atoms with Crippen molar-refractivity contribution in [2.24, 2.45) is 0 Å². The largest absolute Gasteiger partial charge is 0.407 e. The summed E-state index contributed by atoms with van der Waals surface area (Å²) in [7, 11) is -3.72. The van der Waals surface area contributed by atoms with Gasteiger partial charge in [-0.2, -0.15) is 0 Å². The van der Waals surface area contributed by atoms with Crippen LogP contribution < -0.4 is 10.0 Å². The first-order chi connectivity index (χ1) is 10.5. The zero-order chi connectivity index (χ0) is 16.0. The first-order valence-electron chi connectivity index (χ1n) is 7.05. The standard InChI is InChI=1S/C16H18NO4P/c1-2-7-15(18)21-16-14(10-6-11-17-16)22(19,20)12-13-8-4-3-5-9-13/h3-6,8-11H,2,7,12H2,1H3,(H,19,20). The SMILES string of the molecule is CCCC(=O)Oc1ncccc1P(=O)(O)Cc1ccccc1. The highest BCUT2D eigenvalue weighted by molar-refractivity contribution is 7.65. The van der Waals surface area contributed by atoms with Crippen LogP contribution in [0.1, 0.15) is 25.3 Å². The molecule has 5 nitrogen and oxygen atoms in total. The highest BCUT2D eigenvalue weighted by atomic mass is 31.2. The van der Waals surface area contributed by atoms with Crippen LogP contribution in [0.3, 0.4) is 0 Å². The molecule has 1 heterocycles. The van der Waals surface area contributed by atoms with Gasteiger partial charge in [0.1, 0.15) is 0 Å². The fourth-order valence-corrected chi connectivity index (χ4v) is 3.60. The molecule has 1 N–H and O–H groups in total. The van der Waals surface area contributed by atoms with Crippen LogP contribution in [0, 0.1) is 0 Å². The maximum absolute atomic E-state index is 12.7. The van der Waals surface area contributed by atoms with E-state index in [0.717, 1.165) is 5.56 Å². The second-order valence-electron chi connectivity index (χ2n) is 4.90. The molecule has 0 saturated heterocycles. The molecule has 1 aromatic heterocycles. The third kappa shape index (κ3) is 4.26. The Kier molecular flexibility index (Phi) is 5.47. The molecule has 6 heteroatoms. The number of hydrogen-bond donors (Lipinski definition) is 1. The van der Waals surface area contributed by atoms with Gasteiger partial charge in [0, 0.05) is 12.6 Å². The Morgan fingerprint density at radius 2 is 1.95 bits per heavy atom. The Morgan fingerprint density at radius 3 is 2.64 bits per heavy atom. The Morgan fingerprint density at radius 1 is 1.23 bits per heavy atom. The van der Waals surface area contributed by atoms with Crippen molar-refractivity contribution in [2.75, 3.05) is 0 Å². The molecule has 0 saturated carbocycles. The average molecular weight is 319 g/mol. The second kappa shape index (κ2) is 7.34. The number of nitrogens with zero attached hydrogens (tertiary/aromatic N) is 1. The van der Waals surface area contributed by atoms with E-state index >= 15 is 0 Å². The van der Waals surface area contributed by atoms with E-state index in [2.05, 4.69) is 4.98 Å². The minimum atomic E-state index is -3.72. The van der Waals surface area contributed by atoms with E-state index in [1.54, 1.807) is 30.3 Å². The lowest BCUT2D eigenvalue weighted by Crippen LogP contribution is -2.17. The van der Waals surface area contributed by atoms with Gasteiger partial charge in [-0.05, 0) is 24.1 Å². The second-order valence-corrected chi connectivity index (χ2v) is 7.10. The van der Waals surface area contributed by atoms with Crippen molar-refractivity contribution in [3.05, 3.63) is 54.2 Å². The lowest BCUT2D eigenvalue weighted by Gasteiger charge is -2.14. The van der Waals surface area contributed by atoms with E-state index in [1.165, 1.54) is 12.3 Å². The van der Waals surface area contributed by atoms with Gasteiger partial charge in [0.25, 0.3) is 0 Å². The van der Waals surface area contributed by atoms with Gasteiger partial charge in [0.15, 0.2) is 0 Å². The molecule has 0 aliphatic carbocycles. The van der Waals surface area contributed by atoms with Gasteiger partial charge in [-0.15, -0.1) is 0 Å². The van der Waals surface area contributed by atoms with Crippen LogP contribution in [0.4, 0.5) is 0 Å². The number of esters is 1. The fraction of sp³-hybridized carbons (Fsp3) is 0.250. The van der Waals surface area contributed by atoms with E-state index < -0.39 is 13.3 Å². The minimum absolute atomic E-state index is 0.0299. The van der Waals surface area contributed by atoms with Gasteiger partial charge in [0.2, 0.25) is 13.2 Å². The molecule has 0 radical (unpaired) electrons. The number of hydrogen-bond acceptors (Lipinski definition) is 4. The summed E-state index contributed by atoms with van der Waals surface area (Å²) in [5, 5.41) is 0.0725. The predicted molar refractivity (Wildman–Crippen MR) is 84.4 cm³/mol. The quantitative estimate of drug-likeness (QED) is 0.654. The smallest absolute Gasteiger partial charge is 0.312 e. The molecule has 1 aromatic carbocycles. The van der Waals surface area contributed by atoms with Gasteiger partial charge in [-0.3, -0.25) is 9.36 Å². The topological polar surface area (TPSA) is 76.5 Å². The Bertz CT molecular complexity index is 688. The van der Waals surface area contributed by atoms with Crippen molar-refractivity contribution in [2.45, 2.75) is 25.9 Å². The summed E-state index contributed by atoms with van der Waals surface area (Å²) in [6.45, 7) is 1.85. The van der Waals surface area contributed by atoms with Gasteiger partial charge in [-0.1, -0.05) is 37.3 Å². The van der Waals surface area contributed by atoms with Crippen LogP contribution in [0.25, 0.3) is 0 Å². The van der Waals surface area contributed by atoms with Crippen molar-refractivity contribution in [3.8, 4) is 5.88 Å². The van der Waals surface area contributed by atoms with Crippen molar-refractivity contribution >= 4 is 18.6 Å². The molecular weight excluding hydrogens is 301 g/mol. The van der Waals surface area contributed by atoms with Gasteiger partial charge in [-0.25, -0.2) is 4.98 Å². The number of aromatic nitrogens is 1. The van der Waals surface area contributed by atoms with E-state index in [4.69, 9.17) is 4.74 Å². The lowest BCUT2D eigenvalue weighted by atomic mass is 10.2. The normalized spacial score (nSPS) is 13.4. The summed E-state index contributed by atoms with van der Waals surface area (Å²) in [5.41, 5.74) is 0.739. The summed E-state index contributed by atoms with van der Waals surface area (Å²) in [4.78, 5) is 25.9. The predicted octanol–water partition coefficient (Wildman–Crippen LogP) is 2.88. The van der Waals surface area contributed by atoms with Crippen LogP contribution in [-0.4, -0.2) is 15.8 Å². The molecular formula is C16H18NO4P. The van der Waals surface area contributed by atoms with Crippen molar-refractivity contribution in [1.82, 2.24) is 4.98 Å². The van der Waals surface area contributed by atoms with Crippen LogP contribution in [0.2, 0.25) is 0 Å². The molecule has 0 fully saturated rings. The van der Waals surface area contributed by atoms with Crippen LogP contribution in [0.15, 0.2) is 48.7 Å². The molecule has 0 bridgehead atoms. The molecule has 0 amide bonds. The summed E-state index contributed by atoms with van der Waals surface area (Å²) >= 11 is 0. The summed E-state index contributed by atoms with van der Waals surface area (Å²) in [5.74, 6) is -0.537. The average Bonchev–Trinajstić information content (AvgIpc) is 2.48. The van der Waals surface area contributed by atoms with Gasteiger partial charge in [0.05, 0.1) is 11.5 Å². The summed E-state index contributed by atoms with van der Waals surface area (Å²) in [6.07, 6.45) is 2.28. The molecule has 1 atom stereocenters. The van der Waals surface area contributed by atoms with E-state index in [1.807, 2.05) is 13.0 Å². The van der Waals surface area contributed by atoms with Crippen molar-refractivity contribution < 1.29 is 19.0 Å². The zero-order valence-corrected chi connectivity index (χ0v) is 13.2. The summed E-state index contributed by atoms with van der Waals surface area (Å²) in [6, 6.07) is 12.0. The number of benzene rings is 1. The first kappa shape index (κ1) is 16.4. The molecule has 22 heavy (non-hydrogen) atoms. The van der Waals surface area contributed by atoms with Crippen molar-refractivity contribution in [3.63, 3.8) is 0 Å². The number of rotatable bonds is 6. The fourth-order valence-electron chi connectivity index (χ4n) is 2.01. The number of carbonyl (C=O) groups is 1. The molecule has 2 aromatic rings. The maximum atomic E-state index is 12.7. The minimum Gasteiger partial charge on any atom is -0.407 e. The zero-order valence-electron chi connectivity index (χ0n) is 12.3. The Balaban J connectivity index is 2.27. The molecule has 0 aliphatic heterocycles. The molecule has 0 aliphatic rings. The molecule has 1 unspecified atom stereocenters. The highest BCUT2D eigenvalue weighted by Crippen LogP contribution is 2.45. The number of pyridine rings is 1. The first-order valence-corrected chi connectivity index (χ1v) is 8.89. The van der Waals surface area contributed by atoms with Gasteiger partial charge >= 0.3 is 5.97 Å². The monoisotopic (exact) mass is 319 g/mol. The summed E-state index contributed by atoms with van der Waals surface area (Å²) < 4.78 is 17.8. The Hall–Kier alpha value is -1.97. The van der Waals surface area contributed by atoms with Crippen LogP contribution in [-0.2, 0) is 15.5 Å². The molecule has 0 spiro atoms. The van der Waals surface area contributed by atoms with Crippen LogP contribution >= 0.6 is 7.37 Å². The Labute approximate surface area is 129 Å². The maximum Gasteiger partial charge on any atom is 0.312 e. The van der Waals surface area contributed by atoms with Crippen LogP contribution in [0.5, 0.6) is 5.88 Å². The third-order valence-corrected chi connectivity index (χ3v) is 4.92. The third-order valence-electron chi connectivity index (χ3n) is 3.03.